The highest BCUT2D eigenvalue weighted by Gasteiger charge is 2.47. The van der Waals surface area contributed by atoms with Crippen molar-refractivity contribution in [3.05, 3.63) is 71.8 Å². The number of ether oxygens (including phenoxy) is 4. The Kier molecular flexibility index (Phi) is 4.44. The number of rotatable bonds is 3. The van der Waals surface area contributed by atoms with E-state index in [0.29, 0.717) is 22.8 Å². The first kappa shape index (κ1) is 20.0. The maximum atomic E-state index is 12.5. The largest absolute Gasteiger partial charge is 0.573 e. The second-order valence-electron chi connectivity index (χ2n) is 7.35. The number of hydrogen-bond donors (Lipinski definition) is 1. The smallest absolute Gasteiger partial charge is 0.497 e. The van der Waals surface area contributed by atoms with Crippen molar-refractivity contribution in [2.24, 2.45) is 10.7 Å². The van der Waals surface area contributed by atoms with Crippen LogP contribution in [-0.2, 0) is 10.3 Å². The van der Waals surface area contributed by atoms with Gasteiger partial charge >= 0.3 is 6.36 Å². The summed E-state index contributed by atoms with van der Waals surface area (Å²) in [6.07, 6.45) is -4.74. The van der Waals surface area contributed by atoms with Crippen molar-refractivity contribution >= 4 is 6.02 Å². The third-order valence-corrected chi connectivity index (χ3v) is 5.43. The molecule has 0 saturated heterocycles. The molecule has 0 radical (unpaired) electrons. The normalized spacial score (nSPS) is 18.8. The van der Waals surface area contributed by atoms with Crippen LogP contribution in [0.2, 0.25) is 0 Å². The first-order chi connectivity index (χ1) is 15.3. The standard InChI is InChI=1S/C23H17F3N2O4/c1-29-16-7-9-20-18(11-16)22(12-30-21(27)28-22)17-10-14(4-8-19(17)31-20)13-2-5-15(6-3-13)32-23(24,25)26/h2-11H,12H2,1H3,(H2,27,28). The summed E-state index contributed by atoms with van der Waals surface area (Å²) >= 11 is 0. The van der Waals surface area contributed by atoms with Gasteiger partial charge in [-0.15, -0.1) is 13.2 Å². The van der Waals surface area contributed by atoms with Crippen LogP contribution in [0.4, 0.5) is 13.2 Å². The maximum absolute atomic E-state index is 12.5. The first-order valence-electron chi connectivity index (χ1n) is 9.63. The molecule has 2 heterocycles. The SMILES string of the molecule is COc1ccc2c(c1)C1(COC(N)=N1)c1cc(-c3ccc(OC(F)(F)F)cc3)ccc1O2. The lowest BCUT2D eigenvalue weighted by molar-refractivity contribution is -0.274. The van der Waals surface area contributed by atoms with Gasteiger partial charge in [-0.2, -0.15) is 0 Å². The van der Waals surface area contributed by atoms with Crippen LogP contribution >= 0.6 is 0 Å². The van der Waals surface area contributed by atoms with Crippen LogP contribution in [0.25, 0.3) is 11.1 Å². The third kappa shape index (κ3) is 3.35. The Bertz CT molecular complexity index is 1220. The van der Waals surface area contributed by atoms with E-state index in [1.807, 2.05) is 18.2 Å². The van der Waals surface area contributed by atoms with E-state index < -0.39 is 11.9 Å². The molecule has 164 valence electrons. The van der Waals surface area contributed by atoms with E-state index in [0.717, 1.165) is 16.7 Å². The summed E-state index contributed by atoms with van der Waals surface area (Å²) in [5.74, 6) is 1.54. The summed E-state index contributed by atoms with van der Waals surface area (Å²) in [5.41, 5.74) is 7.89. The summed E-state index contributed by atoms with van der Waals surface area (Å²) in [7, 11) is 1.57. The van der Waals surface area contributed by atoms with E-state index in [9.17, 15) is 13.2 Å². The third-order valence-electron chi connectivity index (χ3n) is 5.43. The average Bonchev–Trinajstić information content (AvgIpc) is 3.15. The number of aliphatic imine (C=N–C) groups is 1. The monoisotopic (exact) mass is 442 g/mol. The summed E-state index contributed by atoms with van der Waals surface area (Å²) in [6.45, 7) is 0.178. The lowest BCUT2D eigenvalue weighted by atomic mass is 9.80. The minimum atomic E-state index is -4.74. The molecule has 32 heavy (non-hydrogen) atoms. The van der Waals surface area contributed by atoms with Crippen molar-refractivity contribution in [3.8, 4) is 34.1 Å². The van der Waals surface area contributed by atoms with E-state index in [-0.39, 0.29) is 18.4 Å². The topological polar surface area (TPSA) is 75.3 Å². The van der Waals surface area contributed by atoms with Gasteiger partial charge in [-0.05, 0) is 53.6 Å². The second kappa shape index (κ2) is 7.08. The number of benzene rings is 3. The van der Waals surface area contributed by atoms with Gasteiger partial charge in [0, 0.05) is 11.1 Å². The molecule has 9 heteroatoms. The maximum Gasteiger partial charge on any atom is 0.573 e. The van der Waals surface area contributed by atoms with Crippen molar-refractivity contribution in [1.29, 1.82) is 0 Å². The number of nitrogens with two attached hydrogens (primary N) is 1. The van der Waals surface area contributed by atoms with Crippen molar-refractivity contribution in [2.45, 2.75) is 11.9 Å². The predicted molar refractivity (Wildman–Crippen MR) is 110 cm³/mol. The Hall–Kier alpha value is -3.88. The molecule has 0 aliphatic carbocycles. The van der Waals surface area contributed by atoms with Gasteiger partial charge in [-0.3, -0.25) is 0 Å². The Balaban J connectivity index is 1.59. The molecule has 0 saturated carbocycles. The van der Waals surface area contributed by atoms with E-state index in [4.69, 9.17) is 19.9 Å². The minimum absolute atomic E-state index is 0.0608. The number of methoxy groups -OCH3 is 1. The molecule has 3 aromatic carbocycles. The van der Waals surface area contributed by atoms with Gasteiger partial charge in [0.05, 0.1) is 7.11 Å². The van der Waals surface area contributed by atoms with Gasteiger partial charge in [0.2, 0.25) is 0 Å². The molecule has 0 aromatic heterocycles. The van der Waals surface area contributed by atoms with E-state index in [1.54, 1.807) is 37.4 Å². The van der Waals surface area contributed by atoms with Gasteiger partial charge < -0.3 is 24.7 Å². The Morgan fingerprint density at radius 3 is 2.16 bits per heavy atom. The molecule has 2 N–H and O–H groups in total. The molecule has 0 fully saturated rings. The molecule has 0 amide bonds. The van der Waals surface area contributed by atoms with Crippen molar-refractivity contribution in [2.75, 3.05) is 13.7 Å². The highest BCUT2D eigenvalue weighted by molar-refractivity contribution is 5.78. The van der Waals surface area contributed by atoms with Crippen LogP contribution < -0.4 is 19.9 Å². The molecular formula is C23H17F3N2O4. The van der Waals surface area contributed by atoms with Gasteiger partial charge in [-0.1, -0.05) is 18.2 Å². The fourth-order valence-electron chi connectivity index (χ4n) is 3.99. The summed E-state index contributed by atoms with van der Waals surface area (Å²) in [5, 5.41) is 0. The van der Waals surface area contributed by atoms with Gasteiger partial charge in [0.1, 0.15) is 29.6 Å². The highest BCUT2D eigenvalue weighted by atomic mass is 19.4. The number of halogens is 3. The summed E-state index contributed by atoms with van der Waals surface area (Å²) < 4.78 is 58.3. The molecule has 2 aliphatic heterocycles. The van der Waals surface area contributed by atoms with Crippen LogP contribution in [0.5, 0.6) is 23.0 Å². The fourth-order valence-corrected chi connectivity index (χ4v) is 3.99. The zero-order valence-electron chi connectivity index (χ0n) is 16.8. The number of hydrogen-bond acceptors (Lipinski definition) is 6. The molecule has 1 atom stereocenters. The molecule has 2 aliphatic rings. The average molecular weight is 442 g/mol. The second-order valence-corrected chi connectivity index (χ2v) is 7.35. The quantitative estimate of drug-likeness (QED) is 0.621. The fraction of sp³-hybridized carbons (Fsp3) is 0.174. The Morgan fingerprint density at radius 1 is 0.906 bits per heavy atom. The number of fused-ring (bicyclic) bond motifs is 4. The van der Waals surface area contributed by atoms with Gasteiger partial charge in [0.15, 0.2) is 5.54 Å². The van der Waals surface area contributed by atoms with Crippen molar-refractivity contribution in [3.63, 3.8) is 0 Å². The minimum Gasteiger partial charge on any atom is -0.497 e. The van der Waals surface area contributed by atoms with Crippen LogP contribution in [0.15, 0.2) is 65.7 Å². The highest BCUT2D eigenvalue weighted by Crippen LogP contribution is 2.52. The zero-order chi connectivity index (χ0) is 22.5. The molecule has 6 nitrogen and oxygen atoms in total. The molecule has 1 unspecified atom stereocenters. The predicted octanol–water partition coefficient (Wildman–Crippen LogP) is 4.96. The first-order valence-corrected chi connectivity index (χ1v) is 9.63. The Morgan fingerprint density at radius 2 is 1.53 bits per heavy atom. The Labute approximate surface area is 181 Å². The molecule has 1 spiro atoms. The molecular weight excluding hydrogens is 425 g/mol. The van der Waals surface area contributed by atoms with Crippen molar-refractivity contribution < 1.29 is 32.1 Å². The van der Waals surface area contributed by atoms with Crippen LogP contribution in [0.3, 0.4) is 0 Å². The summed E-state index contributed by atoms with van der Waals surface area (Å²) in [4.78, 5) is 4.62. The number of nitrogens with zero attached hydrogens (tertiary/aromatic N) is 1. The van der Waals surface area contributed by atoms with Crippen LogP contribution in [-0.4, -0.2) is 26.1 Å². The molecule has 0 bridgehead atoms. The van der Waals surface area contributed by atoms with E-state index in [2.05, 4.69) is 9.73 Å². The van der Waals surface area contributed by atoms with Gasteiger partial charge in [0.25, 0.3) is 6.02 Å². The van der Waals surface area contributed by atoms with Crippen LogP contribution in [0.1, 0.15) is 11.1 Å². The lowest BCUT2D eigenvalue weighted by Crippen LogP contribution is -2.31. The number of alkyl halides is 3. The van der Waals surface area contributed by atoms with Crippen molar-refractivity contribution in [1.82, 2.24) is 0 Å². The van der Waals surface area contributed by atoms with Crippen LogP contribution in [0, 0.1) is 0 Å². The number of amidine groups is 1. The lowest BCUT2D eigenvalue weighted by Gasteiger charge is -2.34. The van der Waals surface area contributed by atoms with Gasteiger partial charge in [-0.25, -0.2) is 4.99 Å². The summed E-state index contributed by atoms with van der Waals surface area (Å²) in [6, 6.07) is 16.6. The molecule has 3 aromatic rings. The van der Waals surface area contributed by atoms with E-state index >= 15 is 0 Å². The zero-order valence-corrected chi connectivity index (χ0v) is 16.8. The molecule has 5 rings (SSSR count). The van der Waals surface area contributed by atoms with E-state index in [1.165, 1.54) is 12.1 Å².